The summed E-state index contributed by atoms with van der Waals surface area (Å²) in [5.41, 5.74) is 2.56. The molecule has 0 bridgehead atoms. The molecule has 2 atom stereocenters. The summed E-state index contributed by atoms with van der Waals surface area (Å²) in [6, 6.07) is 9.59. The van der Waals surface area contributed by atoms with E-state index in [1.165, 1.54) is 0 Å². The zero-order valence-corrected chi connectivity index (χ0v) is 15.8. The van der Waals surface area contributed by atoms with Gasteiger partial charge in [-0.05, 0) is 31.0 Å². The fourth-order valence-electron chi connectivity index (χ4n) is 4.24. The molecule has 3 aromatic rings. The van der Waals surface area contributed by atoms with Crippen LogP contribution in [0.15, 0.2) is 42.7 Å². The molecule has 2 aliphatic rings. The molecule has 1 saturated heterocycles. The molecule has 5 rings (SSSR count). The van der Waals surface area contributed by atoms with E-state index in [-0.39, 0.29) is 29.7 Å². The first-order chi connectivity index (χ1) is 13.6. The molecule has 7 nitrogen and oxygen atoms in total. The number of H-pyrrole nitrogens is 1. The first-order valence-electron chi connectivity index (χ1n) is 9.75. The number of carbonyl (C=O) groups is 2. The molecule has 1 aliphatic carbocycles. The highest BCUT2D eigenvalue weighted by Gasteiger charge is 2.41. The smallest absolute Gasteiger partial charge is 0.256 e. The first-order valence-corrected chi connectivity index (χ1v) is 9.75. The number of likely N-dealkylation sites (tertiary alicyclic amines) is 1. The van der Waals surface area contributed by atoms with Gasteiger partial charge in [-0.1, -0.05) is 12.1 Å². The largest absolute Gasteiger partial charge is 0.361 e. The summed E-state index contributed by atoms with van der Waals surface area (Å²) < 4.78 is 1.83. The van der Waals surface area contributed by atoms with Gasteiger partial charge in [-0.3, -0.25) is 14.3 Å². The second kappa shape index (κ2) is 6.51. The van der Waals surface area contributed by atoms with E-state index >= 15 is 0 Å². The average molecular weight is 377 g/mol. The molecule has 1 aromatic carbocycles. The zero-order chi connectivity index (χ0) is 19.3. The lowest BCUT2D eigenvalue weighted by Crippen LogP contribution is -2.41. The van der Waals surface area contributed by atoms with Crippen molar-refractivity contribution in [1.29, 1.82) is 0 Å². The van der Waals surface area contributed by atoms with Crippen molar-refractivity contribution in [3.8, 4) is 0 Å². The van der Waals surface area contributed by atoms with Crippen LogP contribution in [0.1, 0.15) is 34.8 Å². The molecule has 7 heteroatoms. The molecular weight excluding hydrogens is 354 g/mol. The van der Waals surface area contributed by atoms with E-state index in [1.807, 2.05) is 53.2 Å². The Labute approximate surface area is 162 Å². The van der Waals surface area contributed by atoms with Crippen LogP contribution < -0.4 is 5.32 Å². The summed E-state index contributed by atoms with van der Waals surface area (Å²) in [6.45, 7) is 1.06. The lowest BCUT2D eigenvalue weighted by atomic mass is 9.99. The third kappa shape index (κ3) is 2.87. The van der Waals surface area contributed by atoms with Gasteiger partial charge in [0.15, 0.2) is 0 Å². The molecule has 2 fully saturated rings. The van der Waals surface area contributed by atoms with Crippen molar-refractivity contribution in [2.75, 3.05) is 13.1 Å². The molecule has 1 aliphatic heterocycles. The molecule has 2 amide bonds. The SMILES string of the molecule is Cn1nccc1[C@@H]1CN(C(=O)c2cccc3cc[nH]c23)C[C@H]1NC(=O)C1CC1. The molecule has 0 radical (unpaired) electrons. The zero-order valence-electron chi connectivity index (χ0n) is 15.8. The number of fused-ring (bicyclic) bond motifs is 1. The molecule has 1 saturated carbocycles. The molecule has 144 valence electrons. The summed E-state index contributed by atoms with van der Waals surface area (Å²) in [7, 11) is 1.90. The Bertz CT molecular complexity index is 1050. The van der Waals surface area contributed by atoms with Gasteiger partial charge in [0.1, 0.15) is 0 Å². The van der Waals surface area contributed by atoms with Crippen LogP contribution in [0.4, 0.5) is 0 Å². The normalized spacial score (nSPS) is 22.0. The maximum Gasteiger partial charge on any atom is 0.256 e. The third-order valence-electron chi connectivity index (χ3n) is 5.94. The maximum atomic E-state index is 13.3. The summed E-state index contributed by atoms with van der Waals surface area (Å²) >= 11 is 0. The van der Waals surface area contributed by atoms with Crippen LogP contribution in [-0.4, -0.2) is 50.6 Å². The number of aryl methyl sites for hydroxylation is 1. The molecular formula is C21H23N5O2. The van der Waals surface area contributed by atoms with Gasteiger partial charge < -0.3 is 15.2 Å². The number of carbonyl (C=O) groups excluding carboxylic acids is 2. The van der Waals surface area contributed by atoms with Crippen LogP contribution in [0.5, 0.6) is 0 Å². The molecule has 28 heavy (non-hydrogen) atoms. The van der Waals surface area contributed by atoms with Crippen LogP contribution >= 0.6 is 0 Å². The minimum atomic E-state index is -0.102. The van der Waals surface area contributed by atoms with E-state index in [1.54, 1.807) is 6.20 Å². The maximum absolute atomic E-state index is 13.3. The molecule has 3 heterocycles. The standard InChI is InChI=1S/C21H23N5O2/c1-25-18(8-10-23-25)16-11-26(12-17(16)24-20(27)14-5-6-14)21(28)15-4-2-3-13-7-9-22-19(13)15/h2-4,7-10,14,16-17,22H,5-6,11-12H2,1H3,(H,24,27)/t16-,17-/m1/s1. The van der Waals surface area contributed by atoms with Crippen molar-refractivity contribution in [1.82, 2.24) is 25.0 Å². The lowest BCUT2D eigenvalue weighted by Gasteiger charge is -2.19. The second-order valence-electron chi connectivity index (χ2n) is 7.83. The number of amides is 2. The highest BCUT2D eigenvalue weighted by molar-refractivity contribution is 6.05. The van der Waals surface area contributed by atoms with Gasteiger partial charge in [0.2, 0.25) is 5.91 Å². The van der Waals surface area contributed by atoms with Gasteiger partial charge >= 0.3 is 0 Å². The Hall–Kier alpha value is -3.09. The average Bonchev–Trinajstić information content (AvgIpc) is 3.08. The Morgan fingerprint density at radius 1 is 1.18 bits per heavy atom. The van der Waals surface area contributed by atoms with Crippen molar-refractivity contribution in [3.05, 3.63) is 54.0 Å². The Balaban J connectivity index is 1.44. The molecule has 2 aromatic heterocycles. The number of nitrogens with zero attached hydrogens (tertiary/aromatic N) is 3. The quantitative estimate of drug-likeness (QED) is 0.730. The van der Waals surface area contributed by atoms with Crippen LogP contribution in [-0.2, 0) is 11.8 Å². The highest BCUT2D eigenvalue weighted by Crippen LogP contribution is 2.33. The number of rotatable bonds is 4. The Kier molecular flexibility index (Phi) is 3.96. The number of hydrogen-bond acceptors (Lipinski definition) is 3. The van der Waals surface area contributed by atoms with E-state index < -0.39 is 0 Å². The predicted molar refractivity (Wildman–Crippen MR) is 105 cm³/mol. The summed E-state index contributed by atoms with van der Waals surface area (Å²) in [5, 5.41) is 8.49. The lowest BCUT2D eigenvalue weighted by molar-refractivity contribution is -0.123. The van der Waals surface area contributed by atoms with Crippen LogP contribution in [0, 0.1) is 5.92 Å². The predicted octanol–water partition coefficient (Wildman–Crippen LogP) is 2.04. The number of para-hydroxylation sites is 1. The minimum Gasteiger partial charge on any atom is -0.361 e. The fourth-order valence-corrected chi connectivity index (χ4v) is 4.24. The van der Waals surface area contributed by atoms with Gasteiger partial charge in [0, 0.05) is 55.4 Å². The topological polar surface area (TPSA) is 83.0 Å². The monoisotopic (exact) mass is 377 g/mol. The molecule has 2 N–H and O–H groups in total. The van der Waals surface area contributed by atoms with Gasteiger partial charge in [-0.15, -0.1) is 0 Å². The minimum absolute atomic E-state index is 0.0108. The number of aromatic amines is 1. The highest BCUT2D eigenvalue weighted by atomic mass is 16.2. The van der Waals surface area contributed by atoms with Crippen molar-refractivity contribution in [3.63, 3.8) is 0 Å². The second-order valence-corrected chi connectivity index (χ2v) is 7.83. The molecule has 0 unspecified atom stereocenters. The number of aromatic nitrogens is 3. The third-order valence-corrected chi connectivity index (χ3v) is 5.94. The van der Waals surface area contributed by atoms with E-state index in [0.29, 0.717) is 18.7 Å². The van der Waals surface area contributed by atoms with E-state index in [4.69, 9.17) is 0 Å². The van der Waals surface area contributed by atoms with E-state index in [2.05, 4.69) is 15.4 Å². The van der Waals surface area contributed by atoms with E-state index in [9.17, 15) is 9.59 Å². The fraction of sp³-hybridized carbons (Fsp3) is 0.381. The van der Waals surface area contributed by atoms with Gasteiger partial charge in [-0.2, -0.15) is 5.10 Å². The Morgan fingerprint density at radius 2 is 2.04 bits per heavy atom. The van der Waals surface area contributed by atoms with Crippen LogP contribution in [0.3, 0.4) is 0 Å². The number of nitrogens with one attached hydrogen (secondary N) is 2. The molecule has 0 spiro atoms. The van der Waals surface area contributed by atoms with E-state index in [0.717, 1.165) is 29.4 Å². The summed E-state index contributed by atoms with van der Waals surface area (Å²) in [4.78, 5) is 30.7. The number of benzene rings is 1. The summed E-state index contributed by atoms with van der Waals surface area (Å²) in [5.74, 6) is 0.271. The van der Waals surface area contributed by atoms with Crippen LogP contribution in [0.25, 0.3) is 10.9 Å². The van der Waals surface area contributed by atoms with Gasteiger partial charge in [0.05, 0.1) is 17.1 Å². The summed E-state index contributed by atoms with van der Waals surface area (Å²) in [6.07, 6.45) is 5.54. The van der Waals surface area contributed by atoms with Crippen molar-refractivity contribution in [2.45, 2.75) is 24.8 Å². The van der Waals surface area contributed by atoms with Crippen LogP contribution in [0.2, 0.25) is 0 Å². The van der Waals surface area contributed by atoms with Crippen molar-refractivity contribution in [2.24, 2.45) is 13.0 Å². The van der Waals surface area contributed by atoms with Crippen molar-refractivity contribution >= 4 is 22.7 Å². The number of hydrogen-bond donors (Lipinski definition) is 2. The van der Waals surface area contributed by atoms with Crippen molar-refractivity contribution < 1.29 is 9.59 Å². The van der Waals surface area contributed by atoms with Gasteiger partial charge in [-0.25, -0.2) is 0 Å². The first kappa shape index (κ1) is 17.0. The Morgan fingerprint density at radius 3 is 2.79 bits per heavy atom. The van der Waals surface area contributed by atoms with Gasteiger partial charge in [0.25, 0.3) is 5.91 Å².